The van der Waals surface area contributed by atoms with Crippen molar-refractivity contribution < 1.29 is 4.79 Å². The van der Waals surface area contributed by atoms with Crippen LogP contribution in [0, 0.1) is 11.5 Å². The van der Waals surface area contributed by atoms with Gasteiger partial charge in [0.25, 0.3) is 0 Å². The van der Waals surface area contributed by atoms with E-state index in [9.17, 15) is 4.79 Å². The van der Waals surface area contributed by atoms with Crippen LogP contribution in [-0.4, -0.2) is 10.5 Å². The molecule has 0 unspecified atom stereocenters. The topological polar surface area (TPSA) is 70.1 Å². The number of nitrogens with zero attached hydrogens (tertiary/aromatic N) is 2. The lowest BCUT2D eigenvalue weighted by atomic mass is 11.0. The highest BCUT2D eigenvalue weighted by Gasteiger charge is 1.99. The number of nitrogens with two attached hydrogens (primary N) is 1. The second kappa shape index (κ2) is 2.26. The molecule has 0 radical (unpaired) electrons. The molecule has 0 aliphatic carbocycles. The molecule has 0 aromatic carbocycles. The van der Waals surface area contributed by atoms with Crippen molar-refractivity contribution in [2.45, 2.75) is 0 Å². The van der Waals surface area contributed by atoms with Gasteiger partial charge in [-0.3, -0.25) is 0 Å². The van der Waals surface area contributed by atoms with Gasteiger partial charge in [0.2, 0.25) is 6.19 Å². The number of carbonyl (C=O) groups is 1. The van der Waals surface area contributed by atoms with E-state index in [1.54, 1.807) is 0 Å². The first-order valence-corrected chi connectivity index (χ1v) is 1.67. The summed E-state index contributed by atoms with van der Waals surface area (Å²) in [4.78, 5) is 9.72. The first-order valence-electron chi connectivity index (χ1n) is 1.33. The average Bonchev–Trinajstić information content (AvgIpc) is 1.65. The molecule has 0 fully saturated rings. The average molecular weight is 120 g/mol. The van der Waals surface area contributed by atoms with Gasteiger partial charge >= 0.3 is 6.03 Å². The van der Waals surface area contributed by atoms with Crippen molar-refractivity contribution in [1.82, 2.24) is 4.42 Å². The number of halogens is 1. The minimum absolute atomic E-state index is 0.208. The second-order valence-corrected chi connectivity index (χ2v) is 1.06. The largest absolute Gasteiger partial charge is 0.350 e. The smallest absolute Gasteiger partial charge is 0.343 e. The maximum absolute atomic E-state index is 9.72. The van der Waals surface area contributed by atoms with Gasteiger partial charge in [-0.25, -0.2) is 4.79 Å². The van der Waals surface area contributed by atoms with E-state index < -0.39 is 6.03 Å². The van der Waals surface area contributed by atoms with Crippen LogP contribution >= 0.6 is 11.8 Å². The summed E-state index contributed by atoms with van der Waals surface area (Å²) in [6.07, 6.45) is 1.29. The SMILES string of the molecule is N#CN(Cl)C(N)=O. The van der Waals surface area contributed by atoms with Crippen molar-refractivity contribution in [1.29, 1.82) is 5.26 Å². The molecule has 38 valence electrons. The highest BCUT2D eigenvalue weighted by Crippen LogP contribution is 1.85. The highest BCUT2D eigenvalue weighted by atomic mass is 35.5. The first-order chi connectivity index (χ1) is 3.18. The molecule has 7 heavy (non-hydrogen) atoms. The summed E-state index contributed by atoms with van der Waals surface area (Å²) in [6, 6.07) is -0.968. The van der Waals surface area contributed by atoms with Crippen LogP contribution < -0.4 is 5.73 Å². The Labute approximate surface area is 45.2 Å². The number of carbonyl (C=O) groups excluding carboxylic acids is 1. The molecule has 0 spiro atoms. The van der Waals surface area contributed by atoms with E-state index in [0.29, 0.717) is 0 Å². The Balaban J connectivity index is 3.63. The molecule has 4 nitrogen and oxygen atoms in total. The minimum atomic E-state index is -0.968. The van der Waals surface area contributed by atoms with Gasteiger partial charge in [0.1, 0.15) is 0 Å². The van der Waals surface area contributed by atoms with Gasteiger partial charge in [-0.15, -0.1) is 4.42 Å². The van der Waals surface area contributed by atoms with Gasteiger partial charge in [-0.05, 0) is 0 Å². The third-order valence-corrected chi connectivity index (χ3v) is 0.523. The lowest BCUT2D eigenvalue weighted by molar-refractivity contribution is 0.242. The molecule has 0 atom stereocenters. The molecule has 0 aromatic heterocycles. The van der Waals surface area contributed by atoms with Crippen LogP contribution in [0.5, 0.6) is 0 Å². The molecule has 2 N–H and O–H groups in total. The Morgan fingerprint density at radius 1 is 2.00 bits per heavy atom. The molecule has 0 aliphatic heterocycles. The van der Waals surface area contributed by atoms with Crippen molar-refractivity contribution in [3.8, 4) is 6.19 Å². The summed E-state index contributed by atoms with van der Waals surface area (Å²) in [5.41, 5.74) is 4.48. The van der Waals surface area contributed by atoms with Crippen molar-refractivity contribution in [2.24, 2.45) is 5.73 Å². The highest BCUT2D eigenvalue weighted by molar-refractivity contribution is 6.21. The van der Waals surface area contributed by atoms with Crippen LogP contribution in [0.1, 0.15) is 0 Å². The van der Waals surface area contributed by atoms with Crippen LogP contribution in [0.3, 0.4) is 0 Å². The summed E-state index contributed by atoms with van der Waals surface area (Å²) in [5, 5.41) is 7.75. The van der Waals surface area contributed by atoms with Gasteiger partial charge in [-0.1, -0.05) is 0 Å². The molecule has 5 heteroatoms. The quantitative estimate of drug-likeness (QED) is 0.277. The zero-order valence-electron chi connectivity index (χ0n) is 3.26. The molecule has 2 amide bonds. The number of urea groups is 1. The van der Waals surface area contributed by atoms with E-state index in [-0.39, 0.29) is 4.42 Å². The zero-order chi connectivity index (χ0) is 5.86. The number of primary amides is 1. The van der Waals surface area contributed by atoms with Gasteiger partial charge in [0, 0.05) is 11.8 Å². The normalized spacial score (nSPS) is 6.86. The van der Waals surface area contributed by atoms with Crippen molar-refractivity contribution in [3.05, 3.63) is 0 Å². The number of hydrogen-bond donors (Lipinski definition) is 1. The van der Waals surface area contributed by atoms with Crippen LogP contribution in [0.25, 0.3) is 0 Å². The summed E-state index contributed by atoms with van der Waals surface area (Å²) < 4.78 is 0.208. The molecule has 0 heterocycles. The minimum Gasteiger partial charge on any atom is -0.350 e. The van der Waals surface area contributed by atoms with E-state index in [2.05, 4.69) is 5.73 Å². The maximum Gasteiger partial charge on any atom is 0.343 e. The fraction of sp³-hybridized carbons (Fsp3) is 0. The molecule has 0 aliphatic rings. The van der Waals surface area contributed by atoms with E-state index in [0.717, 1.165) is 0 Å². The van der Waals surface area contributed by atoms with Gasteiger partial charge in [0.05, 0.1) is 0 Å². The zero-order valence-corrected chi connectivity index (χ0v) is 4.01. The van der Waals surface area contributed by atoms with Gasteiger partial charge in [-0.2, -0.15) is 5.26 Å². The fourth-order valence-electron chi connectivity index (χ4n) is 0.0493. The number of nitriles is 1. The predicted molar refractivity (Wildman–Crippen MR) is 22.9 cm³/mol. The summed E-state index contributed by atoms with van der Waals surface area (Å²) in [5.74, 6) is 0. The summed E-state index contributed by atoms with van der Waals surface area (Å²) >= 11 is 4.80. The Morgan fingerprint density at radius 2 is 2.43 bits per heavy atom. The number of rotatable bonds is 0. The van der Waals surface area contributed by atoms with Crippen LogP contribution in [0.4, 0.5) is 4.79 Å². The van der Waals surface area contributed by atoms with Crippen LogP contribution in [-0.2, 0) is 0 Å². The predicted octanol–water partition coefficient (Wildman–Crippen LogP) is 0.00198. The molecule has 0 saturated heterocycles. The third-order valence-electron chi connectivity index (χ3n) is 0.281. The lowest BCUT2D eigenvalue weighted by Gasteiger charge is -1.92. The summed E-state index contributed by atoms with van der Waals surface area (Å²) in [6.45, 7) is 0. The molecular weight excluding hydrogens is 117 g/mol. The second-order valence-electron chi connectivity index (χ2n) is 0.719. The Hall–Kier alpha value is -0.950. The maximum atomic E-state index is 9.72. The molecule has 0 aromatic rings. The molecular formula is C2H2ClN3O. The third kappa shape index (κ3) is 1.84. The van der Waals surface area contributed by atoms with Crippen molar-refractivity contribution in [3.63, 3.8) is 0 Å². The van der Waals surface area contributed by atoms with Gasteiger partial charge < -0.3 is 5.73 Å². The Kier molecular flexibility index (Phi) is 1.96. The van der Waals surface area contributed by atoms with Crippen molar-refractivity contribution >= 4 is 17.8 Å². The van der Waals surface area contributed by atoms with Crippen molar-refractivity contribution in [2.75, 3.05) is 0 Å². The lowest BCUT2D eigenvalue weighted by Crippen LogP contribution is -2.22. The van der Waals surface area contributed by atoms with E-state index >= 15 is 0 Å². The van der Waals surface area contributed by atoms with Gasteiger partial charge in [0.15, 0.2) is 0 Å². The molecule has 0 bridgehead atoms. The monoisotopic (exact) mass is 119 g/mol. The molecule has 0 rings (SSSR count). The van der Waals surface area contributed by atoms with E-state index in [1.807, 2.05) is 0 Å². The Bertz CT molecular complexity index is 117. The fourth-order valence-corrected chi connectivity index (χ4v) is 0.0493. The number of amides is 2. The molecule has 0 saturated carbocycles. The van der Waals surface area contributed by atoms with Crippen LogP contribution in [0.15, 0.2) is 0 Å². The first kappa shape index (κ1) is 6.05. The van der Waals surface area contributed by atoms with E-state index in [1.165, 1.54) is 6.19 Å². The van der Waals surface area contributed by atoms with E-state index in [4.69, 9.17) is 17.0 Å². The number of hydrogen-bond acceptors (Lipinski definition) is 2. The van der Waals surface area contributed by atoms with Crippen LogP contribution in [0.2, 0.25) is 0 Å². The Morgan fingerprint density at radius 3 is 2.43 bits per heavy atom. The standard InChI is InChI=1S/C2H2ClN3O/c3-6(1-4)2(5)7/h(H2,5,7). The summed E-state index contributed by atoms with van der Waals surface area (Å²) in [7, 11) is 0.